The van der Waals surface area contributed by atoms with Crippen LogP contribution in [0.5, 0.6) is 0 Å². The first-order chi connectivity index (χ1) is 10.3. The van der Waals surface area contributed by atoms with Crippen LogP contribution in [0.2, 0.25) is 0 Å². The summed E-state index contributed by atoms with van der Waals surface area (Å²) in [4.78, 5) is 37.1. The molecule has 0 saturated carbocycles. The maximum absolute atomic E-state index is 12.2. The van der Waals surface area contributed by atoms with Crippen molar-refractivity contribution in [3.05, 3.63) is 33.2 Å². The number of hydrogen-bond acceptors (Lipinski definition) is 3. The van der Waals surface area contributed by atoms with E-state index in [-0.39, 0.29) is 36.4 Å². The molecule has 0 aliphatic carbocycles. The van der Waals surface area contributed by atoms with E-state index in [0.717, 1.165) is 4.47 Å². The van der Waals surface area contributed by atoms with Crippen LogP contribution >= 0.6 is 15.9 Å². The summed E-state index contributed by atoms with van der Waals surface area (Å²) >= 11 is 3.29. The van der Waals surface area contributed by atoms with Crippen LogP contribution in [0, 0.1) is 0 Å². The Bertz CT molecular complexity index is 584. The van der Waals surface area contributed by atoms with Crippen molar-refractivity contribution in [3.8, 4) is 0 Å². The minimum atomic E-state index is -0.176. The molecule has 0 atom stereocenters. The Kier molecular flexibility index (Phi) is 7.31. The molecular formula is C15H22BrN3O3. The van der Waals surface area contributed by atoms with Gasteiger partial charge in [0.15, 0.2) is 0 Å². The Hall–Kier alpha value is -1.63. The summed E-state index contributed by atoms with van der Waals surface area (Å²) in [5, 5.41) is 2.76. The molecule has 1 aromatic rings. The van der Waals surface area contributed by atoms with Gasteiger partial charge in [-0.15, -0.1) is 0 Å². The molecule has 122 valence electrons. The van der Waals surface area contributed by atoms with Gasteiger partial charge < -0.3 is 14.8 Å². The quantitative estimate of drug-likeness (QED) is 0.786. The second-order valence-electron chi connectivity index (χ2n) is 5.26. The van der Waals surface area contributed by atoms with E-state index in [9.17, 15) is 14.4 Å². The molecule has 1 rings (SSSR count). The molecule has 0 aromatic carbocycles. The number of aryl methyl sites for hydroxylation is 1. The van der Waals surface area contributed by atoms with E-state index >= 15 is 0 Å². The van der Waals surface area contributed by atoms with E-state index in [1.165, 1.54) is 15.5 Å². The SMILES string of the molecule is CCN(CC(=O)NC(C)C)C(=O)CCn1cc(Br)ccc1=O. The van der Waals surface area contributed by atoms with Crippen LogP contribution in [0.1, 0.15) is 27.2 Å². The number of carbonyl (C=O) groups is 2. The average molecular weight is 372 g/mol. The summed E-state index contributed by atoms with van der Waals surface area (Å²) < 4.78 is 2.26. The highest BCUT2D eigenvalue weighted by atomic mass is 79.9. The van der Waals surface area contributed by atoms with E-state index in [2.05, 4.69) is 21.2 Å². The summed E-state index contributed by atoms with van der Waals surface area (Å²) in [5.41, 5.74) is -0.156. The molecule has 7 heteroatoms. The second kappa shape index (κ2) is 8.73. The molecule has 0 unspecified atom stereocenters. The zero-order chi connectivity index (χ0) is 16.7. The van der Waals surface area contributed by atoms with Crippen LogP contribution < -0.4 is 10.9 Å². The molecule has 0 radical (unpaired) electrons. The lowest BCUT2D eigenvalue weighted by Crippen LogP contribution is -2.43. The maximum atomic E-state index is 12.2. The Labute approximate surface area is 138 Å². The van der Waals surface area contributed by atoms with Gasteiger partial charge in [-0.1, -0.05) is 0 Å². The molecule has 22 heavy (non-hydrogen) atoms. The highest BCUT2D eigenvalue weighted by Gasteiger charge is 2.16. The fraction of sp³-hybridized carbons (Fsp3) is 0.533. The fourth-order valence-electron chi connectivity index (χ4n) is 1.97. The van der Waals surface area contributed by atoms with Gasteiger partial charge in [0.1, 0.15) is 0 Å². The third kappa shape index (κ3) is 6.01. The van der Waals surface area contributed by atoms with E-state index in [4.69, 9.17) is 0 Å². The van der Waals surface area contributed by atoms with Gasteiger partial charge >= 0.3 is 0 Å². The van der Waals surface area contributed by atoms with Gasteiger partial charge in [-0.2, -0.15) is 0 Å². The van der Waals surface area contributed by atoms with Crippen molar-refractivity contribution in [1.82, 2.24) is 14.8 Å². The van der Waals surface area contributed by atoms with Crippen LogP contribution in [-0.2, 0) is 16.1 Å². The zero-order valence-corrected chi connectivity index (χ0v) is 14.7. The highest BCUT2D eigenvalue weighted by Crippen LogP contribution is 2.05. The summed E-state index contributed by atoms with van der Waals surface area (Å²) in [6.07, 6.45) is 1.83. The first kappa shape index (κ1) is 18.4. The van der Waals surface area contributed by atoms with Crippen LogP contribution in [0.25, 0.3) is 0 Å². The van der Waals surface area contributed by atoms with Gasteiger partial charge in [-0.05, 0) is 42.8 Å². The topological polar surface area (TPSA) is 71.4 Å². The standard InChI is InChI=1S/C15H22BrN3O3/c1-4-18(10-13(20)17-11(2)3)15(22)7-8-19-9-12(16)5-6-14(19)21/h5-6,9,11H,4,7-8,10H2,1-3H3,(H,17,20). The van der Waals surface area contributed by atoms with Crippen LogP contribution in [0.4, 0.5) is 0 Å². The molecule has 0 bridgehead atoms. The smallest absolute Gasteiger partial charge is 0.250 e. The van der Waals surface area contributed by atoms with E-state index < -0.39 is 0 Å². The Morgan fingerprint density at radius 2 is 2.05 bits per heavy atom. The molecule has 6 nitrogen and oxygen atoms in total. The molecule has 0 aliphatic heterocycles. The molecule has 1 N–H and O–H groups in total. The second-order valence-corrected chi connectivity index (χ2v) is 6.17. The van der Waals surface area contributed by atoms with Crippen molar-refractivity contribution < 1.29 is 9.59 Å². The molecule has 0 aliphatic rings. The zero-order valence-electron chi connectivity index (χ0n) is 13.1. The number of pyridine rings is 1. The Morgan fingerprint density at radius 3 is 2.64 bits per heavy atom. The van der Waals surface area contributed by atoms with Gasteiger partial charge in [-0.25, -0.2) is 0 Å². The number of likely N-dealkylation sites (N-methyl/N-ethyl adjacent to an activating group) is 1. The third-order valence-corrected chi connectivity index (χ3v) is 3.50. The van der Waals surface area contributed by atoms with Crippen molar-refractivity contribution in [3.63, 3.8) is 0 Å². The lowest BCUT2D eigenvalue weighted by Gasteiger charge is -2.21. The molecule has 1 heterocycles. The Balaban J connectivity index is 2.60. The van der Waals surface area contributed by atoms with Crippen molar-refractivity contribution >= 4 is 27.7 Å². The lowest BCUT2D eigenvalue weighted by atomic mass is 10.3. The van der Waals surface area contributed by atoms with E-state index in [0.29, 0.717) is 13.1 Å². The monoisotopic (exact) mass is 371 g/mol. The van der Waals surface area contributed by atoms with Gasteiger partial charge in [-0.3, -0.25) is 14.4 Å². The van der Waals surface area contributed by atoms with Crippen molar-refractivity contribution in [2.45, 2.75) is 39.8 Å². The minimum Gasteiger partial charge on any atom is -0.352 e. The van der Waals surface area contributed by atoms with Gasteiger partial charge in [0.25, 0.3) is 5.56 Å². The maximum Gasteiger partial charge on any atom is 0.250 e. The number of nitrogens with one attached hydrogen (secondary N) is 1. The highest BCUT2D eigenvalue weighted by molar-refractivity contribution is 9.10. The van der Waals surface area contributed by atoms with Crippen LogP contribution in [-0.4, -0.2) is 40.4 Å². The number of hydrogen-bond donors (Lipinski definition) is 1. The number of amides is 2. The molecule has 0 fully saturated rings. The molecule has 1 aromatic heterocycles. The predicted octanol–water partition coefficient (Wildman–Crippen LogP) is 1.37. The number of nitrogens with zero attached hydrogens (tertiary/aromatic N) is 2. The predicted molar refractivity (Wildman–Crippen MR) is 88.6 cm³/mol. The summed E-state index contributed by atoms with van der Waals surface area (Å²) in [6.45, 7) is 6.36. The minimum absolute atomic E-state index is 0.0426. The van der Waals surface area contributed by atoms with Gasteiger partial charge in [0, 0.05) is 42.3 Å². The van der Waals surface area contributed by atoms with Crippen LogP contribution in [0.3, 0.4) is 0 Å². The first-order valence-electron chi connectivity index (χ1n) is 7.26. The third-order valence-electron chi connectivity index (χ3n) is 3.03. The fourth-order valence-corrected chi connectivity index (χ4v) is 2.35. The molecule has 0 spiro atoms. The number of halogens is 1. The molecule has 2 amide bonds. The first-order valence-corrected chi connectivity index (χ1v) is 8.06. The number of aromatic nitrogens is 1. The van der Waals surface area contributed by atoms with Crippen molar-refractivity contribution in [1.29, 1.82) is 0 Å². The van der Waals surface area contributed by atoms with Crippen molar-refractivity contribution in [2.24, 2.45) is 0 Å². The Morgan fingerprint density at radius 1 is 1.36 bits per heavy atom. The van der Waals surface area contributed by atoms with Gasteiger partial charge in [0.05, 0.1) is 6.54 Å². The van der Waals surface area contributed by atoms with Gasteiger partial charge in [0.2, 0.25) is 11.8 Å². The molecular weight excluding hydrogens is 350 g/mol. The molecule has 0 saturated heterocycles. The van der Waals surface area contributed by atoms with E-state index in [1.54, 1.807) is 12.3 Å². The normalized spacial score (nSPS) is 10.6. The number of carbonyl (C=O) groups excluding carboxylic acids is 2. The van der Waals surface area contributed by atoms with E-state index in [1.807, 2.05) is 20.8 Å². The van der Waals surface area contributed by atoms with Crippen LogP contribution in [0.15, 0.2) is 27.6 Å². The van der Waals surface area contributed by atoms with Crippen molar-refractivity contribution in [2.75, 3.05) is 13.1 Å². The largest absolute Gasteiger partial charge is 0.352 e. The summed E-state index contributed by atoms with van der Waals surface area (Å²) in [7, 11) is 0. The summed E-state index contributed by atoms with van der Waals surface area (Å²) in [5.74, 6) is -0.321. The average Bonchev–Trinajstić information content (AvgIpc) is 2.44. The number of rotatable bonds is 7. The summed E-state index contributed by atoms with van der Waals surface area (Å²) in [6, 6.07) is 3.15. The lowest BCUT2D eigenvalue weighted by molar-refractivity contribution is -0.136.